The van der Waals surface area contributed by atoms with Crippen LogP contribution in [0.5, 0.6) is 0 Å². The Bertz CT molecular complexity index is 567. The van der Waals surface area contributed by atoms with Crippen molar-refractivity contribution in [1.82, 2.24) is 4.90 Å². The number of rotatable bonds is 6. The molecule has 0 bridgehead atoms. The summed E-state index contributed by atoms with van der Waals surface area (Å²) in [6, 6.07) is 7.74. The molecule has 124 valence electrons. The van der Waals surface area contributed by atoms with E-state index in [-0.39, 0.29) is 30.5 Å². The van der Waals surface area contributed by atoms with Gasteiger partial charge in [0.2, 0.25) is 5.91 Å². The summed E-state index contributed by atoms with van der Waals surface area (Å²) < 4.78 is 0. The van der Waals surface area contributed by atoms with Crippen molar-refractivity contribution in [2.45, 2.75) is 44.2 Å². The number of nitrogens with zero attached hydrogens (tertiary/aromatic N) is 1. The third-order valence-electron chi connectivity index (χ3n) is 5.14. The van der Waals surface area contributed by atoms with Gasteiger partial charge in [-0.25, -0.2) is 0 Å². The number of likely N-dealkylation sites (tertiary alicyclic amines) is 1. The predicted octanol–water partition coefficient (Wildman–Crippen LogP) is 3.97. The second kappa shape index (κ2) is 7.06. The molecule has 1 aliphatic carbocycles. The first-order valence-corrected chi connectivity index (χ1v) is 8.83. The molecule has 3 nitrogen and oxygen atoms in total. The van der Waals surface area contributed by atoms with Gasteiger partial charge in [0.15, 0.2) is 0 Å². The number of carbonyl (C=O) groups excluding carboxylic acids is 1. The first kappa shape index (κ1) is 16.5. The van der Waals surface area contributed by atoms with Crippen molar-refractivity contribution >= 4 is 17.5 Å². The summed E-state index contributed by atoms with van der Waals surface area (Å²) in [7, 11) is 0. The standard InChI is InChI=1S/C19H24ClNO2/c1-2-3-15-8-11-17(13-6-9-16(20)10-7-13)21(19(15)23)18(12-22)14-4-5-14/h2,6-7,9-10,14-15,17-18,22H,1,3-5,8,11-12H2/t15-,17-,18?/m0/s1. The Balaban J connectivity index is 1.91. The summed E-state index contributed by atoms with van der Waals surface area (Å²) in [5, 5.41) is 10.6. The first-order valence-electron chi connectivity index (χ1n) is 8.45. The summed E-state index contributed by atoms with van der Waals surface area (Å²) in [4.78, 5) is 15.0. The zero-order valence-corrected chi connectivity index (χ0v) is 14.1. The van der Waals surface area contributed by atoms with Crippen LogP contribution in [0.15, 0.2) is 36.9 Å². The molecule has 0 aromatic heterocycles. The molecule has 1 aliphatic heterocycles. The van der Waals surface area contributed by atoms with Crippen LogP contribution in [0.25, 0.3) is 0 Å². The molecule has 2 fully saturated rings. The van der Waals surface area contributed by atoms with Crippen molar-refractivity contribution in [3.8, 4) is 0 Å². The van der Waals surface area contributed by atoms with Gasteiger partial charge < -0.3 is 10.0 Å². The van der Waals surface area contributed by atoms with Gasteiger partial charge in [-0.3, -0.25) is 4.79 Å². The Morgan fingerprint density at radius 3 is 2.52 bits per heavy atom. The van der Waals surface area contributed by atoms with Gasteiger partial charge in [-0.1, -0.05) is 29.8 Å². The number of aliphatic hydroxyl groups is 1. The van der Waals surface area contributed by atoms with Crippen LogP contribution in [0.4, 0.5) is 0 Å². The highest BCUT2D eigenvalue weighted by molar-refractivity contribution is 6.30. The number of halogens is 1. The van der Waals surface area contributed by atoms with E-state index < -0.39 is 0 Å². The molecule has 0 radical (unpaired) electrons. The van der Waals surface area contributed by atoms with E-state index >= 15 is 0 Å². The van der Waals surface area contributed by atoms with Crippen molar-refractivity contribution in [2.75, 3.05) is 6.61 Å². The van der Waals surface area contributed by atoms with Crippen LogP contribution in [0.2, 0.25) is 5.02 Å². The van der Waals surface area contributed by atoms with E-state index in [1.54, 1.807) is 0 Å². The number of allylic oxidation sites excluding steroid dienone is 1. The predicted molar refractivity (Wildman–Crippen MR) is 92.2 cm³/mol. The highest BCUT2D eigenvalue weighted by Gasteiger charge is 2.44. The molecular formula is C19H24ClNO2. The second-order valence-corrected chi connectivity index (χ2v) is 7.14. The lowest BCUT2D eigenvalue weighted by molar-refractivity contribution is -0.147. The fourth-order valence-corrected chi connectivity index (χ4v) is 3.88. The quantitative estimate of drug-likeness (QED) is 0.800. The van der Waals surface area contributed by atoms with Gasteiger partial charge in [0, 0.05) is 10.9 Å². The number of carbonyl (C=O) groups is 1. The molecule has 3 rings (SSSR count). The minimum atomic E-state index is -0.0595. The molecule has 1 aromatic carbocycles. The number of hydrogen-bond acceptors (Lipinski definition) is 2. The zero-order chi connectivity index (χ0) is 16.4. The van der Waals surface area contributed by atoms with Gasteiger partial charge in [-0.2, -0.15) is 0 Å². The molecular weight excluding hydrogens is 310 g/mol. The van der Waals surface area contributed by atoms with E-state index in [1.165, 1.54) is 0 Å². The number of benzene rings is 1. The molecule has 1 saturated carbocycles. The van der Waals surface area contributed by atoms with Crippen molar-refractivity contribution < 1.29 is 9.90 Å². The Morgan fingerprint density at radius 1 is 1.26 bits per heavy atom. The Kier molecular flexibility index (Phi) is 5.08. The largest absolute Gasteiger partial charge is 0.394 e. The van der Waals surface area contributed by atoms with Crippen molar-refractivity contribution in [1.29, 1.82) is 0 Å². The first-order chi connectivity index (χ1) is 11.2. The Labute approximate surface area is 142 Å². The van der Waals surface area contributed by atoms with Crippen LogP contribution >= 0.6 is 11.6 Å². The lowest BCUT2D eigenvalue weighted by atomic mass is 9.85. The van der Waals surface area contributed by atoms with Crippen LogP contribution in [-0.4, -0.2) is 28.6 Å². The second-order valence-electron chi connectivity index (χ2n) is 6.70. The smallest absolute Gasteiger partial charge is 0.226 e. The molecule has 1 heterocycles. The van der Waals surface area contributed by atoms with E-state index in [4.69, 9.17) is 11.6 Å². The average molecular weight is 334 g/mol. The zero-order valence-electron chi connectivity index (χ0n) is 13.3. The maximum atomic E-state index is 13.0. The summed E-state index contributed by atoms with van der Waals surface area (Å²) in [6.07, 6.45) is 6.55. The van der Waals surface area contributed by atoms with Gasteiger partial charge in [0.1, 0.15) is 0 Å². The molecule has 0 spiro atoms. The Hall–Kier alpha value is -1.32. The Morgan fingerprint density at radius 2 is 1.96 bits per heavy atom. The topological polar surface area (TPSA) is 40.5 Å². The lowest BCUT2D eigenvalue weighted by Crippen LogP contribution is -2.51. The number of aliphatic hydroxyl groups excluding tert-OH is 1. The summed E-state index contributed by atoms with van der Waals surface area (Å²) in [6.45, 7) is 3.82. The molecule has 1 aromatic rings. The van der Waals surface area contributed by atoms with E-state index in [0.29, 0.717) is 17.4 Å². The maximum Gasteiger partial charge on any atom is 0.226 e. The maximum absolute atomic E-state index is 13.0. The SMILES string of the molecule is C=CC[C@H]1CC[C@@H](c2ccc(Cl)cc2)N(C(CO)C2CC2)C1=O. The van der Waals surface area contributed by atoms with Crippen LogP contribution in [-0.2, 0) is 4.79 Å². The summed E-state index contributed by atoms with van der Waals surface area (Å²) in [5.74, 6) is 0.618. The molecule has 1 saturated heterocycles. The minimum absolute atomic E-state index is 0.00357. The van der Waals surface area contributed by atoms with Crippen LogP contribution in [0.3, 0.4) is 0 Å². The van der Waals surface area contributed by atoms with E-state index in [0.717, 1.165) is 31.2 Å². The molecule has 3 atom stereocenters. The highest BCUT2D eigenvalue weighted by atomic mass is 35.5. The molecule has 1 N–H and O–H groups in total. The minimum Gasteiger partial charge on any atom is -0.394 e. The molecule has 1 amide bonds. The van der Waals surface area contributed by atoms with E-state index in [9.17, 15) is 9.90 Å². The van der Waals surface area contributed by atoms with Gasteiger partial charge in [0.25, 0.3) is 0 Å². The normalized spacial score (nSPS) is 26.2. The fraction of sp³-hybridized carbons (Fsp3) is 0.526. The van der Waals surface area contributed by atoms with Crippen molar-refractivity contribution in [2.24, 2.45) is 11.8 Å². The third kappa shape index (κ3) is 3.46. The summed E-state index contributed by atoms with van der Waals surface area (Å²) >= 11 is 6.00. The fourth-order valence-electron chi connectivity index (χ4n) is 3.76. The number of amides is 1. The van der Waals surface area contributed by atoms with Gasteiger partial charge in [-0.15, -0.1) is 6.58 Å². The lowest BCUT2D eigenvalue weighted by Gasteiger charge is -2.44. The average Bonchev–Trinajstić information content (AvgIpc) is 3.38. The van der Waals surface area contributed by atoms with Gasteiger partial charge >= 0.3 is 0 Å². The van der Waals surface area contributed by atoms with Crippen LogP contribution in [0.1, 0.15) is 43.7 Å². The monoisotopic (exact) mass is 333 g/mol. The highest BCUT2D eigenvalue weighted by Crippen LogP contribution is 2.43. The van der Waals surface area contributed by atoms with E-state index in [1.807, 2.05) is 35.2 Å². The number of hydrogen-bond donors (Lipinski definition) is 1. The van der Waals surface area contributed by atoms with Gasteiger partial charge in [0.05, 0.1) is 18.7 Å². The van der Waals surface area contributed by atoms with E-state index in [2.05, 4.69) is 6.58 Å². The molecule has 4 heteroatoms. The third-order valence-corrected chi connectivity index (χ3v) is 5.40. The van der Waals surface area contributed by atoms with Crippen LogP contribution < -0.4 is 0 Å². The van der Waals surface area contributed by atoms with Gasteiger partial charge in [-0.05, 0) is 55.7 Å². The number of piperidine rings is 1. The molecule has 1 unspecified atom stereocenters. The van der Waals surface area contributed by atoms with Crippen LogP contribution in [0, 0.1) is 11.8 Å². The summed E-state index contributed by atoms with van der Waals surface area (Å²) in [5.41, 5.74) is 1.11. The molecule has 23 heavy (non-hydrogen) atoms. The molecule has 2 aliphatic rings. The van der Waals surface area contributed by atoms with Crippen molar-refractivity contribution in [3.63, 3.8) is 0 Å². The van der Waals surface area contributed by atoms with Crippen molar-refractivity contribution in [3.05, 3.63) is 47.5 Å².